The van der Waals surface area contributed by atoms with E-state index in [9.17, 15) is 0 Å². The molecule has 16 heavy (non-hydrogen) atoms. The molecular formula is C14H21NS. The van der Waals surface area contributed by atoms with Crippen molar-refractivity contribution in [2.45, 2.75) is 37.0 Å². The van der Waals surface area contributed by atoms with E-state index in [1.54, 1.807) is 0 Å². The van der Waals surface area contributed by atoms with Gasteiger partial charge in [-0.2, -0.15) is 0 Å². The van der Waals surface area contributed by atoms with E-state index in [2.05, 4.69) is 48.7 Å². The predicted molar refractivity (Wildman–Crippen MR) is 72.4 cm³/mol. The third-order valence-electron chi connectivity index (χ3n) is 3.39. The fraction of sp³-hybridized carbons (Fsp3) is 0.571. The molecule has 1 unspecified atom stereocenters. The van der Waals surface area contributed by atoms with Crippen LogP contribution in [0.1, 0.15) is 37.7 Å². The fourth-order valence-corrected chi connectivity index (χ4v) is 2.86. The molecule has 0 radical (unpaired) electrons. The lowest BCUT2D eigenvalue weighted by atomic mass is 9.90. The maximum absolute atomic E-state index is 4.42. The zero-order valence-electron chi connectivity index (χ0n) is 10.0. The van der Waals surface area contributed by atoms with Gasteiger partial charge in [-0.15, -0.1) is 12.6 Å². The predicted octanol–water partition coefficient (Wildman–Crippen LogP) is 3.56. The Balaban J connectivity index is 2.03. The van der Waals surface area contributed by atoms with Gasteiger partial charge in [0, 0.05) is 11.4 Å². The molecule has 1 nitrogen and oxygen atoms in total. The summed E-state index contributed by atoms with van der Waals surface area (Å²) in [5.74, 6) is 0.715. The maximum atomic E-state index is 4.42. The quantitative estimate of drug-likeness (QED) is 0.784. The molecule has 1 aliphatic rings. The van der Waals surface area contributed by atoms with E-state index in [0.717, 1.165) is 4.90 Å². The Bertz CT molecular complexity index is 335. The highest BCUT2D eigenvalue weighted by atomic mass is 32.1. The summed E-state index contributed by atoms with van der Waals surface area (Å²) in [6.45, 7) is 6.02. The van der Waals surface area contributed by atoms with Crippen LogP contribution in [-0.2, 0) is 0 Å². The summed E-state index contributed by atoms with van der Waals surface area (Å²) >= 11 is 4.42. The summed E-state index contributed by atoms with van der Waals surface area (Å²) in [5.41, 5.74) is 1.47. The zero-order chi connectivity index (χ0) is 11.4. The van der Waals surface area contributed by atoms with Crippen LogP contribution >= 0.6 is 12.6 Å². The minimum Gasteiger partial charge on any atom is -0.303 e. The molecule has 0 aromatic heterocycles. The third kappa shape index (κ3) is 3.02. The number of likely N-dealkylation sites (tertiary alicyclic amines) is 1. The van der Waals surface area contributed by atoms with Gasteiger partial charge in [0.2, 0.25) is 0 Å². The molecule has 1 saturated heterocycles. The summed E-state index contributed by atoms with van der Waals surface area (Å²) in [4.78, 5) is 3.68. The molecule has 1 atom stereocenters. The normalized spacial score (nSPS) is 22.2. The van der Waals surface area contributed by atoms with Crippen LogP contribution in [0.4, 0.5) is 0 Å². The second-order valence-electron chi connectivity index (χ2n) is 4.73. The van der Waals surface area contributed by atoms with E-state index >= 15 is 0 Å². The second-order valence-corrected chi connectivity index (χ2v) is 5.25. The van der Waals surface area contributed by atoms with E-state index in [4.69, 9.17) is 0 Å². The van der Waals surface area contributed by atoms with Crippen LogP contribution in [0.3, 0.4) is 0 Å². The molecule has 1 fully saturated rings. The van der Waals surface area contributed by atoms with Crippen LogP contribution in [0.2, 0.25) is 0 Å². The summed E-state index contributed by atoms with van der Waals surface area (Å²) in [6.07, 6.45) is 3.93. The van der Waals surface area contributed by atoms with Gasteiger partial charge in [0.15, 0.2) is 0 Å². The van der Waals surface area contributed by atoms with Gasteiger partial charge in [0.25, 0.3) is 0 Å². The molecule has 1 aromatic rings. The molecule has 1 heterocycles. The average molecular weight is 235 g/mol. The van der Waals surface area contributed by atoms with Crippen molar-refractivity contribution < 1.29 is 0 Å². The molecule has 0 aliphatic carbocycles. The van der Waals surface area contributed by atoms with Gasteiger partial charge in [-0.25, -0.2) is 0 Å². The van der Waals surface area contributed by atoms with Crippen molar-refractivity contribution in [3.8, 4) is 0 Å². The molecule has 0 amide bonds. The van der Waals surface area contributed by atoms with E-state index < -0.39 is 0 Å². The number of rotatable bonds is 3. The van der Waals surface area contributed by atoms with Gasteiger partial charge < -0.3 is 4.90 Å². The van der Waals surface area contributed by atoms with Crippen molar-refractivity contribution in [1.82, 2.24) is 4.90 Å². The molecule has 1 aromatic carbocycles. The summed E-state index contributed by atoms with van der Waals surface area (Å²) in [6, 6.07) is 8.65. The van der Waals surface area contributed by atoms with Gasteiger partial charge in [-0.05, 0) is 56.0 Å². The lowest BCUT2D eigenvalue weighted by Gasteiger charge is -2.32. The minimum atomic E-state index is 0.715. The largest absolute Gasteiger partial charge is 0.303 e. The first kappa shape index (κ1) is 12.0. The Morgan fingerprint density at radius 1 is 1.44 bits per heavy atom. The zero-order valence-corrected chi connectivity index (χ0v) is 10.9. The van der Waals surface area contributed by atoms with Crippen molar-refractivity contribution in [2.24, 2.45) is 0 Å². The molecule has 0 bridgehead atoms. The van der Waals surface area contributed by atoms with E-state index in [-0.39, 0.29) is 0 Å². The van der Waals surface area contributed by atoms with Crippen molar-refractivity contribution in [2.75, 3.05) is 19.6 Å². The van der Waals surface area contributed by atoms with E-state index in [0.29, 0.717) is 5.92 Å². The number of hydrogen-bond acceptors (Lipinski definition) is 2. The van der Waals surface area contributed by atoms with Crippen molar-refractivity contribution >= 4 is 12.6 Å². The number of hydrogen-bond donors (Lipinski definition) is 1. The Morgan fingerprint density at radius 2 is 2.31 bits per heavy atom. The first-order valence-electron chi connectivity index (χ1n) is 6.31. The molecular weight excluding hydrogens is 214 g/mol. The van der Waals surface area contributed by atoms with E-state index in [1.807, 2.05) is 0 Å². The van der Waals surface area contributed by atoms with Crippen LogP contribution in [0, 0.1) is 0 Å². The van der Waals surface area contributed by atoms with Crippen LogP contribution in [0.25, 0.3) is 0 Å². The number of piperidine rings is 1. The molecule has 2 heteroatoms. The highest BCUT2D eigenvalue weighted by molar-refractivity contribution is 7.80. The SMILES string of the molecule is CCCN1CCCC(c2cccc(S)c2)C1. The van der Waals surface area contributed by atoms with Gasteiger partial charge in [-0.1, -0.05) is 19.1 Å². The Kier molecular flexibility index (Phi) is 4.30. The Morgan fingerprint density at radius 3 is 3.06 bits per heavy atom. The highest BCUT2D eigenvalue weighted by Gasteiger charge is 2.20. The third-order valence-corrected chi connectivity index (χ3v) is 3.67. The first-order valence-corrected chi connectivity index (χ1v) is 6.75. The molecule has 0 N–H and O–H groups in total. The van der Waals surface area contributed by atoms with Crippen molar-refractivity contribution in [3.05, 3.63) is 29.8 Å². The molecule has 0 spiro atoms. The van der Waals surface area contributed by atoms with Crippen molar-refractivity contribution in [3.63, 3.8) is 0 Å². The second kappa shape index (κ2) is 5.74. The van der Waals surface area contributed by atoms with E-state index in [1.165, 1.54) is 44.5 Å². The number of nitrogens with zero attached hydrogens (tertiary/aromatic N) is 1. The van der Waals surface area contributed by atoms with Crippen LogP contribution < -0.4 is 0 Å². The number of thiol groups is 1. The molecule has 1 aliphatic heterocycles. The summed E-state index contributed by atoms with van der Waals surface area (Å²) < 4.78 is 0. The van der Waals surface area contributed by atoms with Crippen LogP contribution in [-0.4, -0.2) is 24.5 Å². The average Bonchev–Trinajstić information content (AvgIpc) is 2.30. The summed E-state index contributed by atoms with van der Waals surface area (Å²) in [7, 11) is 0. The fourth-order valence-electron chi connectivity index (χ4n) is 2.63. The van der Waals surface area contributed by atoms with Crippen molar-refractivity contribution in [1.29, 1.82) is 0 Å². The van der Waals surface area contributed by atoms with Gasteiger partial charge in [0.05, 0.1) is 0 Å². The topological polar surface area (TPSA) is 3.24 Å². The van der Waals surface area contributed by atoms with Gasteiger partial charge in [-0.3, -0.25) is 0 Å². The molecule has 0 saturated carbocycles. The van der Waals surface area contributed by atoms with Crippen LogP contribution in [0.5, 0.6) is 0 Å². The first-order chi connectivity index (χ1) is 7.79. The van der Waals surface area contributed by atoms with Gasteiger partial charge in [0.1, 0.15) is 0 Å². The number of benzene rings is 1. The van der Waals surface area contributed by atoms with Gasteiger partial charge >= 0.3 is 0 Å². The monoisotopic (exact) mass is 235 g/mol. The smallest absolute Gasteiger partial charge is 0.00503 e. The lowest BCUT2D eigenvalue weighted by Crippen LogP contribution is -2.34. The maximum Gasteiger partial charge on any atom is 0.00503 e. The van der Waals surface area contributed by atoms with Crippen LogP contribution in [0.15, 0.2) is 29.2 Å². The Hall–Kier alpha value is -0.470. The standard InChI is InChI=1S/C14H21NS/c1-2-8-15-9-4-6-13(11-15)12-5-3-7-14(16)10-12/h3,5,7,10,13,16H,2,4,6,8-9,11H2,1H3. The minimum absolute atomic E-state index is 0.715. The summed E-state index contributed by atoms with van der Waals surface area (Å²) in [5, 5.41) is 0. The molecule has 2 rings (SSSR count). The molecule has 88 valence electrons. The highest BCUT2D eigenvalue weighted by Crippen LogP contribution is 2.27. The Labute approximate surface area is 104 Å². The lowest BCUT2D eigenvalue weighted by molar-refractivity contribution is 0.208.